The molecule has 0 bridgehead atoms. The number of ether oxygens (including phenoxy) is 3. The van der Waals surface area contributed by atoms with E-state index in [0.717, 1.165) is 54.1 Å². The van der Waals surface area contributed by atoms with Gasteiger partial charge in [0.05, 0.1) is 25.8 Å². The molecule has 9 heteroatoms. The number of benzene rings is 1. The molecule has 0 amide bonds. The minimum Gasteiger partial charge on any atom is -0.469 e. The summed E-state index contributed by atoms with van der Waals surface area (Å²) in [7, 11) is 1.36. The van der Waals surface area contributed by atoms with Crippen LogP contribution < -0.4 is 0 Å². The average molecular weight is 527 g/mol. The highest BCUT2D eigenvalue weighted by atomic mass is 16.7. The highest BCUT2D eigenvalue weighted by Crippen LogP contribution is 2.25. The van der Waals surface area contributed by atoms with Crippen LogP contribution in [-0.2, 0) is 32.0 Å². The highest BCUT2D eigenvalue weighted by Gasteiger charge is 2.21. The third kappa shape index (κ3) is 6.99. The molecule has 1 aromatic carbocycles. The second-order valence-electron chi connectivity index (χ2n) is 9.29. The molecule has 1 saturated heterocycles. The molecule has 39 heavy (non-hydrogen) atoms. The fourth-order valence-corrected chi connectivity index (χ4v) is 4.30. The number of imidazole rings is 1. The number of hydrogen-bond donors (Lipinski definition) is 0. The van der Waals surface area contributed by atoms with Crippen molar-refractivity contribution in [3.05, 3.63) is 89.4 Å². The maximum absolute atomic E-state index is 11.4. The predicted molar refractivity (Wildman–Crippen MR) is 142 cm³/mol. The van der Waals surface area contributed by atoms with Crippen LogP contribution in [0.5, 0.6) is 0 Å². The first-order chi connectivity index (χ1) is 19.1. The fourth-order valence-electron chi connectivity index (χ4n) is 4.30. The number of aromatic nitrogens is 4. The lowest BCUT2D eigenvalue weighted by Gasteiger charge is -2.26. The van der Waals surface area contributed by atoms with E-state index in [0.29, 0.717) is 18.0 Å². The SMILES string of the molecule is COC(=O)Cc1ccc(C#Cc2ccc(-c3cc(Cn4ccnc4C(C)OC4CCCCO4)no3)cc2)cn1. The number of esters is 1. The van der Waals surface area contributed by atoms with Crippen molar-refractivity contribution in [3.8, 4) is 23.2 Å². The molecule has 1 aliphatic rings. The molecule has 0 N–H and O–H groups in total. The molecular formula is C30H30N4O5. The molecule has 2 atom stereocenters. The van der Waals surface area contributed by atoms with Gasteiger partial charge < -0.3 is 23.3 Å². The van der Waals surface area contributed by atoms with Gasteiger partial charge in [-0.15, -0.1) is 0 Å². The first-order valence-corrected chi connectivity index (χ1v) is 13.0. The van der Waals surface area contributed by atoms with Crippen molar-refractivity contribution in [1.82, 2.24) is 19.7 Å². The zero-order valence-electron chi connectivity index (χ0n) is 22.0. The molecular weight excluding hydrogens is 496 g/mol. The molecule has 0 spiro atoms. The van der Waals surface area contributed by atoms with Crippen molar-refractivity contribution in [3.63, 3.8) is 0 Å². The molecule has 1 aliphatic heterocycles. The van der Waals surface area contributed by atoms with Gasteiger partial charge in [0.1, 0.15) is 17.6 Å². The molecule has 9 nitrogen and oxygen atoms in total. The van der Waals surface area contributed by atoms with Crippen molar-refractivity contribution in [2.45, 2.75) is 51.5 Å². The minimum atomic E-state index is -0.323. The predicted octanol–water partition coefficient (Wildman–Crippen LogP) is 4.70. The molecule has 200 valence electrons. The Morgan fingerprint density at radius 2 is 1.92 bits per heavy atom. The summed E-state index contributed by atoms with van der Waals surface area (Å²) in [4.78, 5) is 20.1. The van der Waals surface area contributed by atoms with Crippen LogP contribution in [0, 0.1) is 11.8 Å². The van der Waals surface area contributed by atoms with E-state index in [-0.39, 0.29) is 24.8 Å². The van der Waals surface area contributed by atoms with Crippen LogP contribution >= 0.6 is 0 Å². The molecule has 4 aromatic rings. The topological polar surface area (TPSA) is 102 Å². The largest absolute Gasteiger partial charge is 0.469 e. The number of hydrogen-bond acceptors (Lipinski definition) is 8. The van der Waals surface area contributed by atoms with E-state index in [1.54, 1.807) is 18.5 Å². The standard InChI is InChI=1S/C30H30N4O5/c1-21(38-29-5-3-4-16-37-29)30-31-14-15-34(30)20-26-17-27(39-33-26)24-11-8-22(9-12-24)6-7-23-10-13-25(32-19-23)18-28(35)36-2/h8-15,17,19,21,29H,3-5,16,18,20H2,1-2H3. The van der Waals surface area contributed by atoms with Gasteiger partial charge in [0.2, 0.25) is 0 Å². The molecule has 2 unspecified atom stereocenters. The number of nitrogens with zero attached hydrogens (tertiary/aromatic N) is 4. The van der Waals surface area contributed by atoms with E-state index >= 15 is 0 Å². The Bertz CT molecular complexity index is 1440. The lowest BCUT2D eigenvalue weighted by molar-refractivity contribution is -0.188. The fraction of sp³-hybridized carbons (Fsp3) is 0.333. The number of carbonyl (C=O) groups is 1. The van der Waals surface area contributed by atoms with Gasteiger partial charge in [0, 0.05) is 48.0 Å². The monoisotopic (exact) mass is 526 g/mol. The summed E-state index contributed by atoms with van der Waals surface area (Å²) < 4.78 is 24.1. The Morgan fingerprint density at radius 3 is 2.67 bits per heavy atom. The van der Waals surface area contributed by atoms with Crippen LogP contribution in [0.25, 0.3) is 11.3 Å². The van der Waals surface area contributed by atoms with E-state index < -0.39 is 0 Å². The molecule has 5 rings (SSSR count). The molecule has 0 aliphatic carbocycles. The summed E-state index contributed by atoms with van der Waals surface area (Å²) in [5, 5.41) is 4.26. The average Bonchev–Trinajstić information content (AvgIpc) is 3.64. The van der Waals surface area contributed by atoms with Gasteiger partial charge in [0.15, 0.2) is 12.1 Å². The lowest BCUT2D eigenvalue weighted by atomic mass is 10.1. The minimum absolute atomic E-state index is 0.141. The van der Waals surface area contributed by atoms with Gasteiger partial charge in [0.25, 0.3) is 0 Å². The van der Waals surface area contributed by atoms with Crippen LogP contribution in [0.3, 0.4) is 0 Å². The van der Waals surface area contributed by atoms with Crippen molar-refractivity contribution >= 4 is 5.97 Å². The number of methoxy groups -OCH3 is 1. The van der Waals surface area contributed by atoms with Gasteiger partial charge >= 0.3 is 5.97 Å². The van der Waals surface area contributed by atoms with E-state index in [9.17, 15) is 4.79 Å². The van der Waals surface area contributed by atoms with Crippen LogP contribution in [0.2, 0.25) is 0 Å². The maximum atomic E-state index is 11.4. The quantitative estimate of drug-likeness (QED) is 0.241. The number of pyridine rings is 1. The van der Waals surface area contributed by atoms with Gasteiger partial charge in [-0.1, -0.05) is 17.0 Å². The third-order valence-corrected chi connectivity index (χ3v) is 6.39. The maximum Gasteiger partial charge on any atom is 0.311 e. The summed E-state index contributed by atoms with van der Waals surface area (Å²) in [5.41, 5.74) is 3.96. The Labute approximate surface area is 227 Å². The summed E-state index contributed by atoms with van der Waals surface area (Å²) in [6, 6.07) is 13.3. The molecule has 4 heterocycles. The molecule has 0 saturated carbocycles. The van der Waals surface area contributed by atoms with E-state index in [2.05, 4.69) is 31.7 Å². The van der Waals surface area contributed by atoms with E-state index in [1.807, 2.05) is 54.1 Å². The summed E-state index contributed by atoms with van der Waals surface area (Å²) >= 11 is 0. The van der Waals surface area contributed by atoms with Crippen molar-refractivity contribution in [1.29, 1.82) is 0 Å². The Balaban J connectivity index is 1.19. The first kappa shape index (κ1) is 26.4. The second-order valence-corrected chi connectivity index (χ2v) is 9.29. The normalized spacial score (nSPS) is 15.8. The van der Waals surface area contributed by atoms with Crippen molar-refractivity contribution in [2.75, 3.05) is 13.7 Å². The van der Waals surface area contributed by atoms with Gasteiger partial charge in [-0.2, -0.15) is 0 Å². The van der Waals surface area contributed by atoms with Crippen LogP contribution in [0.15, 0.2) is 65.6 Å². The van der Waals surface area contributed by atoms with Crippen LogP contribution in [0.4, 0.5) is 0 Å². The smallest absolute Gasteiger partial charge is 0.311 e. The first-order valence-electron chi connectivity index (χ1n) is 13.0. The van der Waals surface area contributed by atoms with E-state index in [4.69, 9.17) is 14.0 Å². The van der Waals surface area contributed by atoms with Crippen molar-refractivity contribution in [2.24, 2.45) is 0 Å². The zero-order valence-corrected chi connectivity index (χ0v) is 22.0. The Morgan fingerprint density at radius 1 is 1.10 bits per heavy atom. The molecule has 3 aromatic heterocycles. The second kappa shape index (κ2) is 12.5. The van der Waals surface area contributed by atoms with Gasteiger partial charge in [-0.25, -0.2) is 4.98 Å². The van der Waals surface area contributed by atoms with Gasteiger partial charge in [-0.3, -0.25) is 9.78 Å². The molecule has 1 fully saturated rings. The van der Waals surface area contributed by atoms with E-state index in [1.165, 1.54) is 7.11 Å². The third-order valence-electron chi connectivity index (χ3n) is 6.39. The van der Waals surface area contributed by atoms with Crippen LogP contribution in [-0.4, -0.2) is 45.7 Å². The number of carbonyl (C=O) groups excluding carboxylic acids is 1. The summed E-state index contributed by atoms with van der Waals surface area (Å²) in [6.07, 6.45) is 8.21. The summed E-state index contributed by atoms with van der Waals surface area (Å²) in [5.74, 6) is 7.40. The highest BCUT2D eigenvalue weighted by molar-refractivity contribution is 5.71. The number of rotatable bonds is 8. The van der Waals surface area contributed by atoms with Crippen LogP contribution in [0.1, 0.15) is 60.6 Å². The van der Waals surface area contributed by atoms with Crippen molar-refractivity contribution < 1.29 is 23.5 Å². The zero-order chi connectivity index (χ0) is 27.0. The molecule has 0 radical (unpaired) electrons. The Kier molecular flexibility index (Phi) is 8.46. The lowest BCUT2D eigenvalue weighted by Crippen LogP contribution is -2.24. The Hall–Kier alpha value is -4.26. The summed E-state index contributed by atoms with van der Waals surface area (Å²) in [6.45, 7) is 3.26. The van der Waals surface area contributed by atoms with Gasteiger partial charge in [-0.05, 0) is 62.6 Å².